The topological polar surface area (TPSA) is 127 Å². The fraction of sp³-hybridized carbons (Fsp3) is 0.400. The molecule has 0 spiro atoms. The number of rotatable bonds is 9. The first-order chi connectivity index (χ1) is 12.7. The summed E-state index contributed by atoms with van der Waals surface area (Å²) < 4.78 is 9.72. The van der Waals surface area contributed by atoms with Gasteiger partial charge in [-0.05, 0) is 40.5 Å². The molecule has 0 saturated carbocycles. The van der Waals surface area contributed by atoms with E-state index in [0.717, 1.165) is 0 Å². The SMILES string of the molecule is C=C(C)C(=O)O.C=C(C)C(=O)O.C=C(C)C(=O)OCCCCOC(=O)C(=C)C. The monoisotopic (exact) mass is 398 g/mol. The number of carboxylic acids is 2. The van der Waals surface area contributed by atoms with Crippen LogP contribution in [-0.2, 0) is 28.7 Å². The lowest BCUT2D eigenvalue weighted by molar-refractivity contribution is -0.141. The normalized spacial score (nSPS) is 8.57. The molecule has 0 fully saturated rings. The van der Waals surface area contributed by atoms with Crippen molar-refractivity contribution in [3.63, 3.8) is 0 Å². The molecule has 0 rings (SSSR count). The van der Waals surface area contributed by atoms with E-state index in [9.17, 15) is 19.2 Å². The number of esters is 2. The minimum Gasteiger partial charge on any atom is -0.478 e. The molecule has 0 atom stereocenters. The van der Waals surface area contributed by atoms with Crippen molar-refractivity contribution in [1.82, 2.24) is 0 Å². The predicted molar refractivity (Wildman–Crippen MR) is 106 cm³/mol. The first-order valence-corrected chi connectivity index (χ1v) is 8.16. The molecule has 0 unspecified atom stereocenters. The minimum atomic E-state index is -0.935. The molecule has 0 aliphatic rings. The van der Waals surface area contributed by atoms with Crippen molar-refractivity contribution in [3.05, 3.63) is 48.6 Å². The van der Waals surface area contributed by atoms with E-state index in [-0.39, 0.29) is 23.1 Å². The summed E-state index contributed by atoms with van der Waals surface area (Å²) in [6, 6.07) is 0. The van der Waals surface area contributed by atoms with E-state index in [1.807, 2.05) is 0 Å². The van der Waals surface area contributed by atoms with Crippen LogP contribution in [0.15, 0.2) is 48.6 Å². The fourth-order valence-corrected chi connectivity index (χ4v) is 0.780. The van der Waals surface area contributed by atoms with Gasteiger partial charge in [0.25, 0.3) is 0 Å². The number of unbranched alkanes of at least 4 members (excludes halogenated alkanes) is 1. The van der Waals surface area contributed by atoms with Gasteiger partial charge in [0.15, 0.2) is 0 Å². The van der Waals surface area contributed by atoms with E-state index >= 15 is 0 Å². The van der Waals surface area contributed by atoms with Crippen LogP contribution < -0.4 is 0 Å². The molecule has 0 radical (unpaired) electrons. The maximum absolute atomic E-state index is 11.0. The summed E-state index contributed by atoms with van der Waals surface area (Å²) in [4.78, 5) is 41.1. The Morgan fingerprint density at radius 3 is 0.964 bits per heavy atom. The molecule has 0 bridgehead atoms. The van der Waals surface area contributed by atoms with Crippen molar-refractivity contribution in [2.75, 3.05) is 13.2 Å². The van der Waals surface area contributed by atoms with Crippen LogP contribution in [0.1, 0.15) is 40.5 Å². The fourth-order valence-electron chi connectivity index (χ4n) is 0.780. The standard InChI is InChI=1S/C12H18O4.2C4H6O2/c1-9(2)11(13)15-7-5-6-8-16-12(14)10(3)4;2*1-3(2)4(5)6/h1,3,5-8H2,2,4H3;2*1H2,2H3,(H,5,6). The number of hydrogen-bond acceptors (Lipinski definition) is 6. The Hall–Kier alpha value is -3.16. The summed E-state index contributed by atoms with van der Waals surface area (Å²) in [5.41, 5.74) is 1.12. The summed E-state index contributed by atoms with van der Waals surface area (Å²) in [5.74, 6) is -2.65. The molecule has 158 valence electrons. The average molecular weight is 398 g/mol. The Morgan fingerprint density at radius 2 is 0.821 bits per heavy atom. The minimum absolute atomic E-state index is 0.176. The number of ether oxygens (including phenoxy) is 2. The molecule has 0 aromatic carbocycles. The first kappa shape index (κ1) is 29.6. The summed E-state index contributed by atoms with van der Waals surface area (Å²) in [7, 11) is 0. The zero-order valence-electron chi connectivity index (χ0n) is 17.0. The van der Waals surface area contributed by atoms with E-state index in [2.05, 4.69) is 26.3 Å². The molecule has 0 aromatic rings. The van der Waals surface area contributed by atoms with Crippen molar-refractivity contribution in [1.29, 1.82) is 0 Å². The van der Waals surface area contributed by atoms with Gasteiger partial charge in [-0.25, -0.2) is 19.2 Å². The third kappa shape index (κ3) is 22.8. The van der Waals surface area contributed by atoms with Gasteiger partial charge in [-0.15, -0.1) is 0 Å². The van der Waals surface area contributed by atoms with Crippen LogP contribution >= 0.6 is 0 Å². The van der Waals surface area contributed by atoms with Gasteiger partial charge in [0.2, 0.25) is 0 Å². The molecular formula is C20H30O8. The van der Waals surface area contributed by atoms with E-state index < -0.39 is 11.9 Å². The van der Waals surface area contributed by atoms with Gasteiger partial charge >= 0.3 is 23.9 Å². The number of carbonyl (C=O) groups is 4. The van der Waals surface area contributed by atoms with Crippen molar-refractivity contribution in [2.24, 2.45) is 0 Å². The molecule has 0 heterocycles. The second-order valence-corrected chi connectivity index (χ2v) is 5.71. The summed E-state index contributed by atoms with van der Waals surface area (Å²) >= 11 is 0. The lowest BCUT2D eigenvalue weighted by atomic mass is 10.3. The molecule has 0 aromatic heterocycles. The molecule has 8 nitrogen and oxygen atoms in total. The highest BCUT2D eigenvalue weighted by atomic mass is 16.5. The number of hydrogen-bond donors (Lipinski definition) is 2. The Labute approximate surface area is 165 Å². The third-order valence-corrected chi connectivity index (χ3v) is 2.43. The van der Waals surface area contributed by atoms with Crippen LogP contribution in [0.4, 0.5) is 0 Å². The average Bonchev–Trinajstić information content (AvgIpc) is 2.58. The van der Waals surface area contributed by atoms with Gasteiger partial charge in [-0.1, -0.05) is 26.3 Å². The highest BCUT2D eigenvalue weighted by molar-refractivity contribution is 5.87. The van der Waals surface area contributed by atoms with Gasteiger partial charge in [-0.3, -0.25) is 0 Å². The number of aliphatic carboxylic acids is 2. The number of carboxylic acid groups (broad SMARTS) is 2. The lowest BCUT2D eigenvalue weighted by Gasteiger charge is -2.05. The largest absolute Gasteiger partial charge is 0.478 e. The predicted octanol–water partition coefficient (Wildman–Crippen LogP) is 3.30. The third-order valence-electron chi connectivity index (χ3n) is 2.43. The van der Waals surface area contributed by atoms with E-state index in [0.29, 0.717) is 37.2 Å². The van der Waals surface area contributed by atoms with Crippen LogP contribution in [-0.4, -0.2) is 47.3 Å². The van der Waals surface area contributed by atoms with E-state index in [1.54, 1.807) is 13.8 Å². The molecule has 28 heavy (non-hydrogen) atoms. The zero-order valence-corrected chi connectivity index (χ0v) is 17.0. The molecule has 0 aliphatic carbocycles. The Morgan fingerprint density at radius 1 is 0.607 bits per heavy atom. The summed E-state index contributed by atoms with van der Waals surface area (Å²) in [6.45, 7) is 19.9. The van der Waals surface area contributed by atoms with Crippen LogP contribution in [0.25, 0.3) is 0 Å². The van der Waals surface area contributed by atoms with Crippen LogP contribution in [0.5, 0.6) is 0 Å². The van der Waals surface area contributed by atoms with Crippen molar-refractivity contribution >= 4 is 23.9 Å². The maximum Gasteiger partial charge on any atom is 0.333 e. The second-order valence-electron chi connectivity index (χ2n) is 5.71. The van der Waals surface area contributed by atoms with Gasteiger partial charge in [0.1, 0.15) is 0 Å². The van der Waals surface area contributed by atoms with Crippen molar-refractivity contribution < 1.29 is 38.9 Å². The highest BCUT2D eigenvalue weighted by Crippen LogP contribution is 1.98. The van der Waals surface area contributed by atoms with Gasteiger partial charge in [0, 0.05) is 22.3 Å². The Balaban J connectivity index is -0.000000426. The highest BCUT2D eigenvalue weighted by Gasteiger charge is 2.04. The van der Waals surface area contributed by atoms with Gasteiger partial charge in [0.05, 0.1) is 13.2 Å². The van der Waals surface area contributed by atoms with E-state index in [1.165, 1.54) is 13.8 Å². The Kier molecular flexibility index (Phi) is 18.2. The van der Waals surface area contributed by atoms with E-state index in [4.69, 9.17) is 19.7 Å². The maximum atomic E-state index is 11.0. The second kappa shape index (κ2) is 17.3. The summed E-state index contributed by atoms with van der Waals surface area (Å²) in [6.07, 6.45) is 1.31. The molecule has 0 saturated heterocycles. The number of carbonyl (C=O) groups excluding carboxylic acids is 2. The molecule has 0 aliphatic heterocycles. The molecule has 0 amide bonds. The van der Waals surface area contributed by atoms with Crippen LogP contribution in [0.3, 0.4) is 0 Å². The first-order valence-electron chi connectivity index (χ1n) is 8.16. The van der Waals surface area contributed by atoms with Gasteiger partial charge in [-0.2, -0.15) is 0 Å². The van der Waals surface area contributed by atoms with Crippen LogP contribution in [0, 0.1) is 0 Å². The Bertz CT molecular complexity index is 536. The zero-order chi connectivity index (χ0) is 22.9. The lowest BCUT2D eigenvalue weighted by Crippen LogP contribution is -2.09. The van der Waals surface area contributed by atoms with Gasteiger partial charge < -0.3 is 19.7 Å². The van der Waals surface area contributed by atoms with Crippen LogP contribution in [0.2, 0.25) is 0 Å². The summed E-state index contributed by atoms with van der Waals surface area (Å²) in [5, 5.41) is 15.8. The smallest absolute Gasteiger partial charge is 0.333 e. The quantitative estimate of drug-likeness (QED) is 0.344. The van der Waals surface area contributed by atoms with Crippen molar-refractivity contribution in [2.45, 2.75) is 40.5 Å². The molecular weight excluding hydrogens is 368 g/mol. The van der Waals surface area contributed by atoms with Crippen molar-refractivity contribution in [3.8, 4) is 0 Å². The molecule has 8 heteroatoms. The molecule has 2 N–H and O–H groups in total.